The van der Waals surface area contributed by atoms with Crippen LogP contribution in [0.2, 0.25) is 0 Å². The zero-order valence-electron chi connectivity index (χ0n) is 9.14. The Labute approximate surface area is 92.7 Å². The van der Waals surface area contributed by atoms with Crippen LogP contribution in [0.4, 0.5) is 5.69 Å². The molecule has 2 aliphatic rings. The summed E-state index contributed by atoms with van der Waals surface area (Å²) in [6.45, 7) is 4.22. The largest absolute Gasteiger partial charge is 0.269 e. The Morgan fingerprint density at radius 2 is 2.31 bits per heavy atom. The van der Waals surface area contributed by atoms with Crippen molar-refractivity contribution in [2.24, 2.45) is 0 Å². The molecule has 0 saturated carbocycles. The van der Waals surface area contributed by atoms with Gasteiger partial charge in [-0.05, 0) is 25.8 Å². The zero-order chi connectivity index (χ0) is 11.5. The first kappa shape index (κ1) is 9.74. The Kier molecular flexibility index (Phi) is 1.71. The molecule has 84 valence electrons. The van der Waals surface area contributed by atoms with Gasteiger partial charge in [0.1, 0.15) is 0 Å². The molecule has 5 heteroatoms. The fourth-order valence-corrected chi connectivity index (χ4v) is 2.35. The summed E-state index contributed by atoms with van der Waals surface area (Å²) in [4.78, 5) is 15.8. The lowest BCUT2D eigenvalue weighted by Gasteiger charge is -2.28. The number of nitrogens with zero attached hydrogens (tertiary/aromatic N) is 2. The van der Waals surface area contributed by atoms with Crippen molar-refractivity contribution in [2.75, 3.05) is 0 Å². The van der Waals surface area contributed by atoms with E-state index < -0.39 is 0 Å². The van der Waals surface area contributed by atoms with Gasteiger partial charge in [0.15, 0.2) is 6.23 Å². The summed E-state index contributed by atoms with van der Waals surface area (Å²) in [5.41, 5.74) is 2.20. The molecular weight excluding hydrogens is 208 g/mol. The quantitative estimate of drug-likeness (QED) is 0.413. The number of nitro groups is 1. The van der Waals surface area contributed by atoms with E-state index in [1.54, 1.807) is 12.1 Å². The van der Waals surface area contributed by atoms with Crippen molar-refractivity contribution < 1.29 is 9.76 Å². The maximum Gasteiger partial charge on any atom is 0.269 e. The number of rotatable bonds is 1. The summed E-state index contributed by atoms with van der Waals surface area (Å²) in [5.74, 6) is 0. The molecule has 0 aliphatic carbocycles. The van der Waals surface area contributed by atoms with Gasteiger partial charge in [0.2, 0.25) is 0 Å². The van der Waals surface area contributed by atoms with E-state index in [2.05, 4.69) is 13.8 Å². The molecule has 1 aromatic rings. The van der Waals surface area contributed by atoms with Gasteiger partial charge in [0.05, 0.1) is 4.92 Å². The summed E-state index contributed by atoms with van der Waals surface area (Å²) in [6.07, 6.45) is 0.773. The number of benzene rings is 1. The third kappa shape index (κ3) is 1.25. The van der Waals surface area contributed by atoms with Gasteiger partial charge in [0, 0.05) is 23.2 Å². The highest BCUT2D eigenvalue weighted by Gasteiger charge is 2.53. The summed E-state index contributed by atoms with van der Waals surface area (Å²) < 4.78 is 0. The summed E-state index contributed by atoms with van der Waals surface area (Å²) in [5, 5.41) is 12.6. The molecule has 0 amide bonds. The van der Waals surface area contributed by atoms with Crippen molar-refractivity contribution in [3.05, 3.63) is 39.4 Å². The predicted octanol–water partition coefficient (Wildman–Crippen LogP) is 2.18. The van der Waals surface area contributed by atoms with Crippen molar-refractivity contribution >= 4 is 5.69 Å². The maximum atomic E-state index is 10.7. The standard InChI is InChI=1S/C11H12N2O3/c1-11(2)6-7-3-4-8(13(14)15)5-9(7)10-12(11)16-10/h3-5,10H,6H2,1-2H3. The van der Waals surface area contributed by atoms with Crippen LogP contribution in [0, 0.1) is 10.1 Å². The van der Waals surface area contributed by atoms with E-state index in [-0.39, 0.29) is 22.4 Å². The third-order valence-corrected chi connectivity index (χ3v) is 3.21. The number of hydrogen-bond acceptors (Lipinski definition) is 4. The van der Waals surface area contributed by atoms with E-state index in [0.717, 1.165) is 17.5 Å². The highest BCUT2D eigenvalue weighted by Crippen LogP contribution is 2.50. The van der Waals surface area contributed by atoms with Crippen molar-refractivity contribution in [3.63, 3.8) is 0 Å². The Hall–Kier alpha value is -1.46. The molecule has 0 N–H and O–H groups in total. The molecule has 1 aromatic carbocycles. The van der Waals surface area contributed by atoms with E-state index in [9.17, 15) is 10.1 Å². The van der Waals surface area contributed by atoms with E-state index in [0.29, 0.717) is 0 Å². The van der Waals surface area contributed by atoms with E-state index in [4.69, 9.17) is 4.84 Å². The molecule has 2 aliphatic heterocycles. The van der Waals surface area contributed by atoms with Crippen LogP contribution < -0.4 is 0 Å². The first-order valence-electron chi connectivity index (χ1n) is 5.22. The minimum atomic E-state index is -0.368. The number of hydrogen-bond donors (Lipinski definition) is 0. The summed E-state index contributed by atoms with van der Waals surface area (Å²) in [7, 11) is 0. The highest BCUT2D eigenvalue weighted by atomic mass is 16.8. The van der Waals surface area contributed by atoms with Crippen LogP contribution in [0.3, 0.4) is 0 Å². The first-order chi connectivity index (χ1) is 7.49. The maximum absolute atomic E-state index is 10.7. The summed E-state index contributed by atoms with van der Waals surface area (Å²) in [6, 6.07) is 5.02. The van der Waals surface area contributed by atoms with Crippen LogP contribution in [-0.2, 0) is 11.3 Å². The molecule has 2 atom stereocenters. The van der Waals surface area contributed by atoms with Gasteiger partial charge in [-0.15, -0.1) is 5.06 Å². The molecule has 0 radical (unpaired) electrons. The molecule has 5 nitrogen and oxygen atoms in total. The monoisotopic (exact) mass is 220 g/mol. The van der Waals surface area contributed by atoms with Gasteiger partial charge in [-0.2, -0.15) is 0 Å². The fourth-order valence-electron chi connectivity index (χ4n) is 2.35. The van der Waals surface area contributed by atoms with Gasteiger partial charge in [0.25, 0.3) is 5.69 Å². The van der Waals surface area contributed by atoms with Gasteiger partial charge in [-0.1, -0.05) is 6.07 Å². The number of hydroxylamine groups is 2. The zero-order valence-corrected chi connectivity index (χ0v) is 9.14. The van der Waals surface area contributed by atoms with Crippen LogP contribution in [0.25, 0.3) is 0 Å². The number of fused-ring (bicyclic) bond motifs is 3. The minimum absolute atomic E-state index is 0.0200. The molecule has 0 bridgehead atoms. The van der Waals surface area contributed by atoms with Crippen molar-refractivity contribution in [1.29, 1.82) is 0 Å². The van der Waals surface area contributed by atoms with Crippen LogP contribution in [0.1, 0.15) is 31.2 Å². The topological polar surface area (TPSA) is 58.7 Å². The van der Waals surface area contributed by atoms with E-state index in [1.807, 2.05) is 11.1 Å². The van der Waals surface area contributed by atoms with E-state index >= 15 is 0 Å². The van der Waals surface area contributed by atoms with Gasteiger partial charge in [-0.25, -0.2) is 0 Å². The van der Waals surface area contributed by atoms with Crippen LogP contribution in [0.15, 0.2) is 18.2 Å². The molecule has 3 rings (SSSR count). The smallest absolute Gasteiger partial charge is 0.269 e. The average molecular weight is 220 g/mol. The lowest BCUT2D eigenvalue weighted by atomic mass is 9.87. The normalized spacial score (nSPS) is 29.1. The Morgan fingerprint density at radius 1 is 1.56 bits per heavy atom. The molecular formula is C11H12N2O3. The second-order valence-corrected chi connectivity index (χ2v) is 4.91. The van der Waals surface area contributed by atoms with Crippen molar-refractivity contribution in [1.82, 2.24) is 5.06 Å². The highest BCUT2D eigenvalue weighted by molar-refractivity contribution is 5.44. The Balaban J connectivity index is 2.06. The van der Waals surface area contributed by atoms with Gasteiger partial charge >= 0.3 is 0 Å². The average Bonchev–Trinajstić information content (AvgIpc) is 2.97. The molecule has 2 heterocycles. The second kappa shape index (κ2) is 2.81. The SMILES string of the molecule is CC1(C)Cc2ccc([N+](=O)[O-])cc2C2ON21. The minimum Gasteiger partial charge on any atom is -0.269 e. The Morgan fingerprint density at radius 3 is 3.00 bits per heavy atom. The summed E-state index contributed by atoms with van der Waals surface area (Å²) >= 11 is 0. The van der Waals surface area contributed by atoms with Crippen molar-refractivity contribution in [2.45, 2.75) is 32.0 Å². The molecule has 2 unspecified atom stereocenters. The van der Waals surface area contributed by atoms with Crippen LogP contribution in [-0.4, -0.2) is 15.5 Å². The number of non-ortho nitro benzene ring substituents is 1. The fraction of sp³-hybridized carbons (Fsp3) is 0.455. The molecule has 16 heavy (non-hydrogen) atoms. The lowest BCUT2D eigenvalue weighted by Crippen LogP contribution is -2.36. The molecule has 0 aromatic heterocycles. The molecule has 0 spiro atoms. The van der Waals surface area contributed by atoms with Gasteiger partial charge < -0.3 is 0 Å². The first-order valence-corrected chi connectivity index (χ1v) is 5.22. The van der Waals surface area contributed by atoms with Crippen LogP contribution in [0.5, 0.6) is 0 Å². The lowest BCUT2D eigenvalue weighted by molar-refractivity contribution is -0.385. The predicted molar refractivity (Wildman–Crippen MR) is 56.5 cm³/mol. The van der Waals surface area contributed by atoms with E-state index in [1.165, 1.54) is 0 Å². The third-order valence-electron chi connectivity index (χ3n) is 3.21. The van der Waals surface area contributed by atoms with Gasteiger partial charge in [-0.3, -0.25) is 15.0 Å². The number of nitro benzene ring substituents is 1. The van der Waals surface area contributed by atoms with Crippen molar-refractivity contribution in [3.8, 4) is 0 Å². The van der Waals surface area contributed by atoms with Crippen LogP contribution >= 0.6 is 0 Å². The molecule has 1 saturated heterocycles. The Bertz CT molecular complexity index is 484. The second-order valence-electron chi connectivity index (χ2n) is 4.91. The molecule has 1 fully saturated rings.